The van der Waals surface area contributed by atoms with Crippen molar-refractivity contribution >= 4 is 0 Å². The van der Waals surface area contributed by atoms with Gasteiger partial charge in [-0.2, -0.15) is 5.10 Å². The van der Waals surface area contributed by atoms with Crippen LogP contribution in [0, 0.1) is 0 Å². The first kappa shape index (κ1) is 10.5. The lowest BCUT2D eigenvalue weighted by Crippen LogP contribution is -1.98. The molecule has 1 aliphatic carbocycles. The Labute approximate surface area is 102 Å². The molecular formula is C15H16N2. The molecular weight excluding hydrogens is 208 g/mol. The van der Waals surface area contributed by atoms with Gasteiger partial charge in [-0.1, -0.05) is 31.2 Å². The van der Waals surface area contributed by atoms with Gasteiger partial charge in [0.15, 0.2) is 0 Å². The Balaban J connectivity index is 2.19. The van der Waals surface area contributed by atoms with E-state index >= 15 is 0 Å². The number of hydrogen-bond donors (Lipinski definition) is 0. The monoisotopic (exact) mass is 224 g/mol. The molecule has 3 rings (SSSR count). The number of nitrogens with zero attached hydrogens (tertiary/aromatic N) is 2. The Bertz CT molecular complexity index is 546. The second-order valence-corrected chi connectivity index (χ2v) is 4.57. The zero-order valence-corrected chi connectivity index (χ0v) is 10.1. The van der Waals surface area contributed by atoms with Gasteiger partial charge in [0.2, 0.25) is 0 Å². The first-order valence-electron chi connectivity index (χ1n) is 6.32. The lowest BCUT2D eigenvalue weighted by molar-refractivity contribution is 0.821. The van der Waals surface area contributed by atoms with Crippen molar-refractivity contribution < 1.29 is 0 Å². The van der Waals surface area contributed by atoms with Crippen LogP contribution in [0.3, 0.4) is 0 Å². The van der Waals surface area contributed by atoms with Crippen molar-refractivity contribution in [2.24, 2.45) is 0 Å². The van der Waals surface area contributed by atoms with Gasteiger partial charge in [-0.15, -0.1) is 5.10 Å². The topological polar surface area (TPSA) is 25.8 Å². The van der Waals surface area contributed by atoms with Crippen LogP contribution in [0.5, 0.6) is 0 Å². The van der Waals surface area contributed by atoms with Crippen LogP contribution in [0.15, 0.2) is 30.3 Å². The van der Waals surface area contributed by atoms with Crippen LogP contribution in [0.4, 0.5) is 0 Å². The van der Waals surface area contributed by atoms with Crippen LogP contribution in [0.1, 0.15) is 30.2 Å². The van der Waals surface area contributed by atoms with Crippen molar-refractivity contribution in [3.63, 3.8) is 0 Å². The summed E-state index contributed by atoms with van der Waals surface area (Å²) in [5, 5.41) is 8.74. The van der Waals surface area contributed by atoms with Crippen molar-refractivity contribution in [3.8, 4) is 11.3 Å². The molecule has 2 heteroatoms. The molecule has 0 bridgehead atoms. The van der Waals surface area contributed by atoms with Crippen molar-refractivity contribution in [1.29, 1.82) is 0 Å². The first-order valence-corrected chi connectivity index (χ1v) is 6.32. The molecule has 0 radical (unpaired) electrons. The quantitative estimate of drug-likeness (QED) is 0.743. The van der Waals surface area contributed by atoms with Gasteiger partial charge < -0.3 is 0 Å². The fraction of sp³-hybridized carbons (Fsp3) is 0.333. The lowest BCUT2D eigenvalue weighted by Gasteiger charge is -2.07. The summed E-state index contributed by atoms with van der Waals surface area (Å²) in [6.45, 7) is 2.13. The molecule has 1 aromatic heterocycles. The third-order valence-electron chi connectivity index (χ3n) is 3.45. The molecule has 0 aliphatic heterocycles. The highest BCUT2D eigenvalue weighted by molar-refractivity contribution is 5.67. The van der Waals surface area contributed by atoms with Crippen LogP contribution < -0.4 is 0 Å². The van der Waals surface area contributed by atoms with E-state index in [1.54, 1.807) is 0 Å². The summed E-state index contributed by atoms with van der Waals surface area (Å²) in [7, 11) is 0. The summed E-state index contributed by atoms with van der Waals surface area (Å²) in [6, 6.07) is 10.8. The fourth-order valence-electron chi connectivity index (χ4n) is 2.51. The Kier molecular flexibility index (Phi) is 2.63. The van der Waals surface area contributed by atoms with Crippen LogP contribution in [-0.2, 0) is 19.3 Å². The highest BCUT2D eigenvalue weighted by atomic mass is 15.1. The number of fused-ring (bicyclic) bond motifs is 3. The molecule has 1 aromatic carbocycles. The SMILES string of the molecule is CCc1cc2c(nn1)-c1ccccc1CCC2. The molecule has 17 heavy (non-hydrogen) atoms. The third-order valence-corrected chi connectivity index (χ3v) is 3.45. The van der Waals surface area contributed by atoms with Crippen LogP contribution in [0.2, 0.25) is 0 Å². The Morgan fingerprint density at radius 2 is 1.88 bits per heavy atom. The Hall–Kier alpha value is -1.70. The molecule has 0 N–H and O–H groups in total. The maximum Gasteiger partial charge on any atom is 0.0964 e. The summed E-state index contributed by atoms with van der Waals surface area (Å²) >= 11 is 0. The fourth-order valence-corrected chi connectivity index (χ4v) is 2.51. The molecule has 0 unspecified atom stereocenters. The molecule has 0 atom stereocenters. The summed E-state index contributed by atoms with van der Waals surface area (Å²) in [6.07, 6.45) is 4.43. The van der Waals surface area contributed by atoms with Gasteiger partial charge in [-0.3, -0.25) is 0 Å². The molecule has 86 valence electrons. The summed E-state index contributed by atoms with van der Waals surface area (Å²) in [4.78, 5) is 0. The minimum Gasteiger partial charge on any atom is -0.155 e. The van der Waals surface area contributed by atoms with Crippen LogP contribution >= 0.6 is 0 Å². The third kappa shape index (κ3) is 1.84. The molecule has 0 amide bonds. The first-order chi connectivity index (χ1) is 8.38. The molecule has 2 aromatic rings. The summed E-state index contributed by atoms with van der Waals surface area (Å²) in [5.41, 5.74) is 6.24. The second-order valence-electron chi connectivity index (χ2n) is 4.57. The van der Waals surface area contributed by atoms with Gasteiger partial charge >= 0.3 is 0 Å². The minimum absolute atomic E-state index is 0.960. The predicted octanol–water partition coefficient (Wildman–Crippen LogP) is 3.19. The van der Waals surface area contributed by atoms with Gasteiger partial charge in [-0.05, 0) is 42.9 Å². The molecule has 1 heterocycles. The van der Waals surface area contributed by atoms with E-state index in [2.05, 4.69) is 47.5 Å². The highest BCUT2D eigenvalue weighted by Crippen LogP contribution is 2.30. The normalized spacial score (nSPS) is 13.7. The van der Waals surface area contributed by atoms with E-state index in [1.165, 1.54) is 23.1 Å². The summed E-state index contributed by atoms with van der Waals surface area (Å²) in [5.74, 6) is 0. The van der Waals surface area contributed by atoms with Gasteiger partial charge in [0, 0.05) is 5.56 Å². The van der Waals surface area contributed by atoms with E-state index in [1.807, 2.05) is 0 Å². The number of hydrogen-bond acceptors (Lipinski definition) is 2. The number of aromatic nitrogens is 2. The molecule has 0 spiro atoms. The van der Waals surface area contributed by atoms with E-state index < -0.39 is 0 Å². The van der Waals surface area contributed by atoms with E-state index in [0.29, 0.717) is 0 Å². The minimum atomic E-state index is 0.960. The zero-order chi connectivity index (χ0) is 11.7. The van der Waals surface area contributed by atoms with Gasteiger partial charge in [0.1, 0.15) is 0 Å². The predicted molar refractivity (Wildman–Crippen MR) is 68.9 cm³/mol. The van der Waals surface area contributed by atoms with Gasteiger partial charge in [0.05, 0.1) is 11.4 Å². The molecule has 2 nitrogen and oxygen atoms in total. The molecule has 0 saturated carbocycles. The van der Waals surface area contributed by atoms with Crippen molar-refractivity contribution in [1.82, 2.24) is 10.2 Å². The standard InChI is InChI=1S/C15H16N2/c1-2-13-10-12-8-5-7-11-6-3-4-9-14(11)15(12)17-16-13/h3-4,6,9-10H,2,5,7-8H2,1H3. The van der Waals surface area contributed by atoms with Crippen molar-refractivity contribution in [3.05, 3.63) is 47.2 Å². The molecule has 1 aliphatic rings. The van der Waals surface area contributed by atoms with Crippen molar-refractivity contribution in [2.45, 2.75) is 32.6 Å². The molecule has 0 saturated heterocycles. The highest BCUT2D eigenvalue weighted by Gasteiger charge is 2.15. The number of rotatable bonds is 1. The number of aryl methyl sites for hydroxylation is 3. The van der Waals surface area contributed by atoms with E-state index in [0.717, 1.165) is 30.7 Å². The van der Waals surface area contributed by atoms with E-state index in [4.69, 9.17) is 0 Å². The summed E-state index contributed by atoms with van der Waals surface area (Å²) < 4.78 is 0. The van der Waals surface area contributed by atoms with Gasteiger partial charge in [0.25, 0.3) is 0 Å². The van der Waals surface area contributed by atoms with Crippen molar-refractivity contribution in [2.75, 3.05) is 0 Å². The molecule has 0 fully saturated rings. The second kappa shape index (κ2) is 4.28. The van der Waals surface area contributed by atoms with Crippen LogP contribution in [-0.4, -0.2) is 10.2 Å². The number of benzene rings is 1. The largest absolute Gasteiger partial charge is 0.155 e. The lowest BCUT2D eigenvalue weighted by atomic mass is 10.0. The Morgan fingerprint density at radius 1 is 1.06 bits per heavy atom. The van der Waals surface area contributed by atoms with Gasteiger partial charge in [-0.25, -0.2) is 0 Å². The van der Waals surface area contributed by atoms with Crippen LogP contribution in [0.25, 0.3) is 11.3 Å². The maximum absolute atomic E-state index is 4.44. The zero-order valence-electron chi connectivity index (χ0n) is 10.1. The average Bonchev–Trinajstić information content (AvgIpc) is 2.57. The smallest absolute Gasteiger partial charge is 0.0964 e. The Morgan fingerprint density at radius 3 is 2.76 bits per heavy atom. The average molecular weight is 224 g/mol. The maximum atomic E-state index is 4.44. The van der Waals surface area contributed by atoms with E-state index in [9.17, 15) is 0 Å². The van der Waals surface area contributed by atoms with E-state index in [-0.39, 0.29) is 0 Å².